The van der Waals surface area contributed by atoms with Crippen molar-refractivity contribution >= 4 is 35.1 Å². The van der Waals surface area contributed by atoms with Crippen LogP contribution in [-0.2, 0) is 36.3 Å². The second-order valence-electron chi connectivity index (χ2n) is 9.93. The van der Waals surface area contributed by atoms with Crippen LogP contribution in [0.2, 0.25) is 0 Å². The number of rotatable bonds is 10. The van der Waals surface area contributed by atoms with Gasteiger partial charge in [-0.25, -0.2) is 23.3 Å². The molecule has 0 aromatic carbocycles. The summed E-state index contributed by atoms with van der Waals surface area (Å²) in [4.78, 5) is 66.2. The zero-order chi connectivity index (χ0) is 34.8. The van der Waals surface area contributed by atoms with Crippen molar-refractivity contribution in [3.8, 4) is 0 Å². The van der Waals surface area contributed by atoms with E-state index >= 15 is 0 Å². The fourth-order valence-electron chi connectivity index (χ4n) is 4.13. The van der Waals surface area contributed by atoms with Gasteiger partial charge in [-0.2, -0.15) is 18.6 Å². The zero-order valence-electron chi connectivity index (χ0n) is 23.9. The van der Waals surface area contributed by atoms with Crippen molar-refractivity contribution in [2.75, 3.05) is 24.7 Å². The molecule has 23 nitrogen and oxygen atoms in total. The molecule has 4 heterocycles. The molecular weight excluding hydrogens is 689 g/mol. The number of ether oxygens (including phenoxy) is 2. The van der Waals surface area contributed by atoms with Gasteiger partial charge < -0.3 is 55.8 Å². The van der Waals surface area contributed by atoms with E-state index in [-0.39, 0.29) is 31.1 Å². The first-order valence-corrected chi connectivity index (χ1v) is 17.4. The molecule has 4 rings (SSSR count). The summed E-state index contributed by atoms with van der Waals surface area (Å²) < 4.78 is 58.1. The fourth-order valence-corrected chi connectivity index (χ4v) is 7.16. The van der Waals surface area contributed by atoms with Gasteiger partial charge in [0, 0.05) is 36.4 Å². The molecule has 2 aromatic heterocycles. The van der Waals surface area contributed by atoms with Crippen molar-refractivity contribution in [1.29, 1.82) is 0 Å². The lowest BCUT2D eigenvalue weighted by atomic mass is 10.2. The zero-order valence-corrected chi connectivity index (χ0v) is 26.6. The highest BCUT2D eigenvalue weighted by atomic mass is 31.3. The highest BCUT2D eigenvalue weighted by Crippen LogP contribution is 2.66. The number of nitrogen functional groups attached to an aromatic ring is 2. The molecule has 2 saturated heterocycles. The van der Waals surface area contributed by atoms with E-state index in [4.69, 9.17) is 40.7 Å². The summed E-state index contributed by atoms with van der Waals surface area (Å²) in [7, 11) is -16.5. The molecule has 26 heteroatoms. The third-order valence-electron chi connectivity index (χ3n) is 6.37. The van der Waals surface area contributed by atoms with Gasteiger partial charge in [0.05, 0.1) is 25.4 Å². The normalized spacial score (nSPS) is 27.4. The largest absolute Gasteiger partial charge is 0.490 e. The Balaban J connectivity index is 0.000000286. The number of phosphoric acid groups is 3. The van der Waals surface area contributed by atoms with Crippen LogP contribution in [0.4, 0.5) is 11.6 Å². The summed E-state index contributed by atoms with van der Waals surface area (Å²) >= 11 is 0. The van der Waals surface area contributed by atoms with E-state index in [1.54, 1.807) is 20.0 Å². The number of aliphatic hydroxyl groups excluding tert-OH is 3. The number of aryl methyl sites for hydroxylation is 2. The molecule has 0 saturated carbocycles. The fraction of sp³-hybridized carbons (Fsp3) is 0.600. The van der Waals surface area contributed by atoms with E-state index < -0.39 is 78.3 Å². The minimum atomic E-state index is -5.66. The number of hydrogen-bond acceptors (Lipinski definition) is 17. The second kappa shape index (κ2) is 14.8. The Morgan fingerprint density at radius 1 is 0.826 bits per heavy atom. The summed E-state index contributed by atoms with van der Waals surface area (Å²) in [5.41, 5.74) is 10.9. The summed E-state index contributed by atoms with van der Waals surface area (Å²) in [5, 5.41) is 28.6. The van der Waals surface area contributed by atoms with Crippen LogP contribution in [0, 0.1) is 13.8 Å². The molecule has 2 aliphatic heterocycles. The molecule has 0 radical (unpaired) electrons. The monoisotopic (exact) mass is 722 g/mol. The average Bonchev–Trinajstić information content (AvgIpc) is 3.46. The SMILES string of the molecule is Cc1cn([C@H]2C[C@H](O)[C@@H](CO)O2)c(=O)nc1N.Cc1cn([C@H]2C[C@H](O)[C@@H](COP(=O)(O)OP(=O)(O)OP(=O)(O)O)O2)c(=O)nc1N. The lowest BCUT2D eigenvalue weighted by molar-refractivity contribution is -0.0459. The van der Waals surface area contributed by atoms with Gasteiger partial charge in [-0.05, 0) is 13.8 Å². The molecule has 8 atom stereocenters. The molecule has 2 aliphatic rings. The first kappa shape index (κ1) is 38.0. The van der Waals surface area contributed by atoms with Crippen molar-refractivity contribution in [2.45, 2.75) is 63.6 Å². The predicted octanol–water partition coefficient (Wildman–Crippen LogP) is -2.10. The van der Waals surface area contributed by atoms with E-state index in [9.17, 15) is 38.4 Å². The molecule has 46 heavy (non-hydrogen) atoms. The van der Waals surface area contributed by atoms with E-state index in [1.807, 2.05) is 0 Å². The number of hydrogen-bond donors (Lipinski definition) is 9. The van der Waals surface area contributed by atoms with Crippen LogP contribution < -0.4 is 22.8 Å². The molecule has 260 valence electrons. The minimum absolute atomic E-state index is 0.00834. The van der Waals surface area contributed by atoms with Crippen LogP contribution in [-0.4, -0.2) is 91.6 Å². The van der Waals surface area contributed by atoms with Crippen LogP contribution in [0.3, 0.4) is 0 Å². The standard InChI is InChI=1S/C10H18N3O13P3.C10H15N3O4/c1-5-3-13(10(15)12-9(5)11)8-2-6(14)7(24-8)4-23-28(19,20)26-29(21,22)25-27(16,17)18;1-5-3-13(10(16)12-9(5)11)8-2-6(15)7(4-14)17-8/h3,6-8,14H,2,4H2,1H3,(H,19,20)(H,21,22)(H2,11,12,15)(H2,16,17,18);3,6-8,14-15H,2,4H2,1H3,(H2,11,12,16)/t2*6-,7+,8+/m00/s1. The first-order chi connectivity index (χ1) is 21.1. The van der Waals surface area contributed by atoms with Gasteiger partial charge in [0.1, 0.15) is 36.3 Å². The number of aliphatic hydroxyl groups is 3. The number of anilines is 2. The third-order valence-corrected chi connectivity index (χ3v) is 10.2. The summed E-state index contributed by atoms with van der Waals surface area (Å²) in [5.74, 6) is 0.192. The molecule has 2 aromatic rings. The van der Waals surface area contributed by atoms with Gasteiger partial charge in [0.25, 0.3) is 0 Å². The molecular formula is C20H33N6O17P3. The summed E-state index contributed by atoms with van der Waals surface area (Å²) in [6.45, 7) is 2.18. The Morgan fingerprint density at radius 3 is 1.67 bits per heavy atom. The topological polar surface area (TPSA) is 361 Å². The quantitative estimate of drug-likeness (QED) is 0.119. The van der Waals surface area contributed by atoms with Crippen LogP contribution in [0.15, 0.2) is 22.0 Å². The van der Waals surface area contributed by atoms with Crippen LogP contribution in [0.1, 0.15) is 36.4 Å². The number of aromatic nitrogens is 4. The number of phosphoric ester groups is 1. The molecule has 0 aliphatic carbocycles. The van der Waals surface area contributed by atoms with Crippen molar-refractivity contribution in [2.24, 2.45) is 0 Å². The van der Waals surface area contributed by atoms with Crippen molar-refractivity contribution in [3.63, 3.8) is 0 Å². The van der Waals surface area contributed by atoms with Gasteiger partial charge in [0.2, 0.25) is 0 Å². The van der Waals surface area contributed by atoms with E-state index in [0.29, 0.717) is 11.1 Å². The minimum Gasteiger partial charge on any atom is -0.394 e. The lowest BCUT2D eigenvalue weighted by Gasteiger charge is -2.19. The molecule has 0 spiro atoms. The molecule has 2 fully saturated rings. The van der Waals surface area contributed by atoms with Crippen molar-refractivity contribution in [3.05, 3.63) is 44.5 Å². The van der Waals surface area contributed by atoms with Crippen molar-refractivity contribution < 1.29 is 71.2 Å². The van der Waals surface area contributed by atoms with E-state index in [0.717, 1.165) is 4.57 Å². The van der Waals surface area contributed by atoms with Crippen LogP contribution >= 0.6 is 23.5 Å². The Bertz CT molecular complexity index is 1670. The maximum absolute atomic E-state index is 11.9. The van der Waals surface area contributed by atoms with Gasteiger partial charge in [-0.1, -0.05) is 0 Å². The Hall–Kier alpha value is -2.43. The Morgan fingerprint density at radius 2 is 1.26 bits per heavy atom. The maximum atomic E-state index is 11.9. The average molecular weight is 722 g/mol. The molecule has 2 unspecified atom stereocenters. The maximum Gasteiger partial charge on any atom is 0.490 e. The van der Waals surface area contributed by atoms with Gasteiger partial charge >= 0.3 is 34.8 Å². The molecule has 11 N–H and O–H groups in total. The number of nitrogens with zero attached hydrogens (tertiary/aromatic N) is 4. The van der Waals surface area contributed by atoms with Gasteiger partial charge in [-0.3, -0.25) is 13.7 Å². The highest BCUT2D eigenvalue weighted by molar-refractivity contribution is 7.66. The lowest BCUT2D eigenvalue weighted by Crippen LogP contribution is -2.29. The first-order valence-electron chi connectivity index (χ1n) is 12.9. The van der Waals surface area contributed by atoms with E-state index in [2.05, 4.69) is 23.1 Å². The molecule has 0 bridgehead atoms. The predicted molar refractivity (Wildman–Crippen MR) is 151 cm³/mol. The van der Waals surface area contributed by atoms with Gasteiger partial charge in [0.15, 0.2) is 0 Å². The Labute approximate surface area is 258 Å². The van der Waals surface area contributed by atoms with Crippen LogP contribution in [0.25, 0.3) is 0 Å². The summed E-state index contributed by atoms with van der Waals surface area (Å²) in [6.07, 6.45) is -2.62. The van der Waals surface area contributed by atoms with Crippen molar-refractivity contribution in [1.82, 2.24) is 19.1 Å². The van der Waals surface area contributed by atoms with Gasteiger partial charge in [-0.15, -0.1) is 0 Å². The molecule has 0 amide bonds. The smallest absolute Gasteiger partial charge is 0.394 e. The van der Waals surface area contributed by atoms with Crippen LogP contribution in [0.5, 0.6) is 0 Å². The summed E-state index contributed by atoms with van der Waals surface area (Å²) in [6, 6.07) is 0. The third kappa shape index (κ3) is 10.3. The number of nitrogens with two attached hydrogens (primary N) is 2. The van der Waals surface area contributed by atoms with E-state index in [1.165, 1.54) is 10.8 Å². The Kier molecular flexibility index (Phi) is 12.2. The second-order valence-corrected chi connectivity index (χ2v) is 14.4. The highest BCUT2D eigenvalue weighted by Gasteiger charge is 2.43.